The Balaban J connectivity index is 1.44. The maximum absolute atomic E-state index is 13.0. The summed E-state index contributed by atoms with van der Waals surface area (Å²) in [6, 6.07) is 13.2. The number of nitrogens with zero attached hydrogens (tertiary/aromatic N) is 3. The fourth-order valence-electron chi connectivity index (χ4n) is 4.38. The number of fused-ring (bicyclic) bond motifs is 1. The van der Waals surface area contributed by atoms with Crippen molar-refractivity contribution in [2.24, 2.45) is 0 Å². The summed E-state index contributed by atoms with van der Waals surface area (Å²) in [6.07, 6.45) is 1.84. The Morgan fingerprint density at radius 2 is 1.70 bits per heavy atom. The third kappa shape index (κ3) is 3.84. The third-order valence-corrected chi connectivity index (χ3v) is 7.11. The van der Waals surface area contributed by atoms with Gasteiger partial charge >= 0.3 is 0 Å². The number of ether oxygens (including phenoxy) is 1. The van der Waals surface area contributed by atoms with Gasteiger partial charge in [-0.15, -0.1) is 0 Å². The van der Waals surface area contributed by atoms with Gasteiger partial charge in [0.25, 0.3) is 5.91 Å². The average molecular weight is 430 g/mol. The average Bonchev–Trinajstić information content (AvgIpc) is 3.08. The van der Waals surface area contributed by atoms with E-state index >= 15 is 0 Å². The predicted molar refractivity (Wildman–Crippen MR) is 118 cm³/mol. The first kappa shape index (κ1) is 20.5. The lowest BCUT2D eigenvalue weighted by molar-refractivity contribution is 0.0746. The first-order valence-corrected chi connectivity index (χ1v) is 11.9. The largest absolute Gasteiger partial charge is 0.497 e. The van der Waals surface area contributed by atoms with Crippen LogP contribution in [0.1, 0.15) is 22.8 Å². The van der Waals surface area contributed by atoms with Crippen LogP contribution in [0.3, 0.4) is 0 Å². The summed E-state index contributed by atoms with van der Waals surface area (Å²) in [5.74, 6) is 0.825. The van der Waals surface area contributed by atoms with E-state index in [2.05, 4.69) is 4.90 Å². The predicted octanol–water partition coefficient (Wildman–Crippen LogP) is 2.37. The molecule has 4 rings (SSSR count). The molecule has 8 heteroatoms. The molecule has 2 aromatic carbocycles. The second-order valence-corrected chi connectivity index (χ2v) is 9.79. The zero-order valence-corrected chi connectivity index (χ0v) is 18.4. The molecule has 0 N–H and O–H groups in total. The number of anilines is 2. The van der Waals surface area contributed by atoms with Crippen molar-refractivity contribution < 1.29 is 17.9 Å². The van der Waals surface area contributed by atoms with Crippen LogP contribution in [0.5, 0.6) is 5.75 Å². The Bertz CT molecular complexity index is 1040. The molecule has 2 aliphatic heterocycles. The van der Waals surface area contributed by atoms with E-state index in [4.69, 9.17) is 4.74 Å². The van der Waals surface area contributed by atoms with E-state index in [1.165, 1.54) is 10.6 Å². The lowest BCUT2D eigenvalue weighted by Gasteiger charge is -2.36. The Kier molecular flexibility index (Phi) is 5.36. The Labute approximate surface area is 177 Å². The van der Waals surface area contributed by atoms with Crippen LogP contribution in [0, 0.1) is 0 Å². The number of carbonyl (C=O) groups is 1. The van der Waals surface area contributed by atoms with Crippen LogP contribution in [-0.2, 0) is 16.4 Å². The van der Waals surface area contributed by atoms with E-state index in [1.54, 1.807) is 19.2 Å². The number of piperazine rings is 1. The van der Waals surface area contributed by atoms with E-state index in [0.717, 1.165) is 30.1 Å². The van der Waals surface area contributed by atoms with Crippen LogP contribution in [0.4, 0.5) is 11.4 Å². The number of hydrogen-bond acceptors (Lipinski definition) is 5. The fourth-order valence-corrected chi connectivity index (χ4v) is 5.65. The quantitative estimate of drug-likeness (QED) is 0.746. The zero-order chi connectivity index (χ0) is 21.5. The van der Waals surface area contributed by atoms with Crippen LogP contribution in [0.15, 0.2) is 42.5 Å². The van der Waals surface area contributed by atoms with Gasteiger partial charge in [-0.2, -0.15) is 0 Å². The Hall–Kier alpha value is -2.74. The summed E-state index contributed by atoms with van der Waals surface area (Å²) in [5.41, 5.74) is 3.34. The van der Waals surface area contributed by atoms with Gasteiger partial charge in [0.2, 0.25) is 10.0 Å². The van der Waals surface area contributed by atoms with Gasteiger partial charge in [0, 0.05) is 43.5 Å². The molecule has 0 radical (unpaired) electrons. The van der Waals surface area contributed by atoms with E-state index in [9.17, 15) is 13.2 Å². The minimum Gasteiger partial charge on any atom is -0.497 e. The minimum absolute atomic E-state index is 0.00219. The molecule has 160 valence electrons. The summed E-state index contributed by atoms with van der Waals surface area (Å²) in [7, 11) is -1.68. The molecule has 0 saturated carbocycles. The van der Waals surface area contributed by atoms with Gasteiger partial charge in [-0.1, -0.05) is 0 Å². The summed E-state index contributed by atoms with van der Waals surface area (Å²) in [4.78, 5) is 17.2. The second kappa shape index (κ2) is 7.83. The summed E-state index contributed by atoms with van der Waals surface area (Å²) in [5, 5.41) is 0. The van der Waals surface area contributed by atoms with E-state index < -0.39 is 10.0 Å². The smallest absolute Gasteiger partial charge is 0.253 e. The molecule has 7 nitrogen and oxygen atoms in total. The fraction of sp³-hybridized carbons (Fsp3) is 0.409. The monoisotopic (exact) mass is 429 g/mol. The molecule has 0 aromatic heterocycles. The van der Waals surface area contributed by atoms with Gasteiger partial charge in [0.1, 0.15) is 5.75 Å². The molecule has 2 heterocycles. The number of rotatable bonds is 4. The van der Waals surface area contributed by atoms with Crippen molar-refractivity contribution in [1.82, 2.24) is 4.90 Å². The lowest BCUT2D eigenvalue weighted by atomic mass is 10.1. The summed E-state index contributed by atoms with van der Waals surface area (Å²) >= 11 is 0. The molecular formula is C22H27N3O4S. The van der Waals surface area contributed by atoms with E-state index in [1.807, 2.05) is 42.2 Å². The van der Waals surface area contributed by atoms with Crippen LogP contribution in [0.2, 0.25) is 0 Å². The lowest BCUT2D eigenvalue weighted by Crippen LogP contribution is -2.48. The molecule has 0 spiro atoms. The van der Waals surface area contributed by atoms with Gasteiger partial charge in [-0.05, 0) is 61.4 Å². The van der Waals surface area contributed by atoms with Crippen molar-refractivity contribution in [3.8, 4) is 5.75 Å². The highest BCUT2D eigenvalue weighted by Crippen LogP contribution is 2.35. The van der Waals surface area contributed by atoms with Crippen molar-refractivity contribution >= 4 is 27.3 Å². The number of hydrogen-bond donors (Lipinski definition) is 0. The molecule has 2 aliphatic rings. The zero-order valence-electron chi connectivity index (χ0n) is 17.5. The van der Waals surface area contributed by atoms with Crippen molar-refractivity contribution in [2.75, 3.05) is 48.7 Å². The van der Waals surface area contributed by atoms with Crippen molar-refractivity contribution in [3.63, 3.8) is 0 Å². The molecule has 0 unspecified atom stereocenters. The first-order valence-electron chi connectivity index (χ1n) is 10.1. The van der Waals surface area contributed by atoms with Crippen molar-refractivity contribution in [1.29, 1.82) is 0 Å². The topological polar surface area (TPSA) is 70.2 Å². The third-order valence-electron chi connectivity index (χ3n) is 5.84. The van der Waals surface area contributed by atoms with Crippen LogP contribution >= 0.6 is 0 Å². The number of methoxy groups -OCH3 is 1. The molecule has 2 aromatic rings. The van der Waals surface area contributed by atoms with Crippen LogP contribution in [0.25, 0.3) is 0 Å². The van der Waals surface area contributed by atoms with Crippen molar-refractivity contribution in [2.45, 2.75) is 19.4 Å². The number of carbonyl (C=O) groups excluding carboxylic acids is 1. The SMILES string of the molecule is COc1ccc(N2CCN(C(=O)c3ccc4c(c3)C[C@H](C)N4S(C)(=O)=O)CC2)cc1. The summed E-state index contributed by atoms with van der Waals surface area (Å²) in [6.45, 7) is 4.71. The molecule has 0 bridgehead atoms. The second-order valence-electron chi connectivity index (χ2n) is 7.93. The molecule has 1 amide bonds. The van der Waals surface area contributed by atoms with Crippen LogP contribution < -0.4 is 13.9 Å². The van der Waals surface area contributed by atoms with Gasteiger partial charge in [0.05, 0.1) is 19.1 Å². The van der Waals surface area contributed by atoms with Crippen LogP contribution in [-0.4, -0.2) is 64.8 Å². The van der Waals surface area contributed by atoms with Gasteiger partial charge in [-0.3, -0.25) is 9.10 Å². The highest BCUT2D eigenvalue weighted by molar-refractivity contribution is 7.92. The van der Waals surface area contributed by atoms with Crippen molar-refractivity contribution in [3.05, 3.63) is 53.6 Å². The number of benzene rings is 2. The highest BCUT2D eigenvalue weighted by Gasteiger charge is 2.33. The normalized spacial score (nSPS) is 19.0. The highest BCUT2D eigenvalue weighted by atomic mass is 32.2. The molecule has 1 atom stereocenters. The Morgan fingerprint density at radius 1 is 1.03 bits per heavy atom. The molecule has 0 aliphatic carbocycles. The first-order chi connectivity index (χ1) is 14.3. The molecule has 1 saturated heterocycles. The van der Waals surface area contributed by atoms with Gasteiger partial charge < -0.3 is 14.5 Å². The maximum Gasteiger partial charge on any atom is 0.253 e. The molecule has 30 heavy (non-hydrogen) atoms. The van der Waals surface area contributed by atoms with E-state index in [0.29, 0.717) is 30.8 Å². The number of sulfonamides is 1. The summed E-state index contributed by atoms with van der Waals surface area (Å²) < 4.78 is 30.8. The van der Waals surface area contributed by atoms with Gasteiger partial charge in [-0.25, -0.2) is 8.42 Å². The molecular weight excluding hydrogens is 402 g/mol. The number of amides is 1. The van der Waals surface area contributed by atoms with E-state index in [-0.39, 0.29) is 11.9 Å². The minimum atomic E-state index is -3.33. The molecule has 1 fully saturated rings. The Morgan fingerprint density at radius 3 is 2.30 bits per heavy atom. The standard InChI is InChI=1S/C22H27N3O4S/c1-16-14-18-15-17(4-9-21(18)25(16)30(3,27)28)22(26)24-12-10-23(11-13-24)19-5-7-20(29-2)8-6-19/h4-9,15-16H,10-14H2,1-3H3/t16-/m0/s1. The van der Waals surface area contributed by atoms with Gasteiger partial charge in [0.15, 0.2) is 0 Å². The maximum atomic E-state index is 13.0.